The number of hydrogen-bond donors (Lipinski definition) is 0. The van der Waals surface area contributed by atoms with E-state index >= 15 is 0 Å². The van der Waals surface area contributed by atoms with Gasteiger partial charge in [0.1, 0.15) is 12.2 Å². The number of nitrogens with zero attached hydrogens (tertiary/aromatic N) is 4. The molecule has 1 atom stereocenters. The van der Waals surface area contributed by atoms with Crippen LogP contribution in [0.15, 0.2) is 30.6 Å². The first-order valence-electron chi connectivity index (χ1n) is 7.92. The van der Waals surface area contributed by atoms with Crippen molar-refractivity contribution in [2.24, 2.45) is 0 Å². The summed E-state index contributed by atoms with van der Waals surface area (Å²) in [5.74, 6) is 1.68. The van der Waals surface area contributed by atoms with Crippen molar-refractivity contribution in [3.8, 4) is 0 Å². The molecule has 4 nitrogen and oxygen atoms in total. The number of likely N-dealkylation sites (tertiary alicyclic amines) is 1. The van der Waals surface area contributed by atoms with Crippen molar-refractivity contribution in [1.82, 2.24) is 19.7 Å². The molecule has 2 heterocycles. The van der Waals surface area contributed by atoms with Gasteiger partial charge in [-0.1, -0.05) is 29.8 Å². The van der Waals surface area contributed by atoms with Gasteiger partial charge in [0.05, 0.1) is 0 Å². The van der Waals surface area contributed by atoms with E-state index < -0.39 is 0 Å². The first kappa shape index (κ1) is 14.3. The molecule has 1 aliphatic heterocycles. The Kier molecular flexibility index (Phi) is 4.34. The fourth-order valence-electron chi connectivity index (χ4n) is 3.19. The van der Waals surface area contributed by atoms with Crippen LogP contribution in [0.25, 0.3) is 0 Å². The van der Waals surface area contributed by atoms with Crippen LogP contribution in [-0.4, -0.2) is 32.8 Å². The molecular formula is C17H24N4. The van der Waals surface area contributed by atoms with Gasteiger partial charge in [0.25, 0.3) is 0 Å². The molecule has 0 N–H and O–H groups in total. The van der Waals surface area contributed by atoms with Crippen molar-refractivity contribution in [1.29, 1.82) is 0 Å². The number of aromatic nitrogens is 3. The maximum Gasteiger partial charge on any atom is 0.137 e. The monoisotopic (exact) mass is 284 g/mol. The molecule has 1 aliphatic rings. The second-order valence-corrected chi connectivity index (χ2v) is 6.04. The van der Waals surface area contributed by atoms with Crippen LogP contribution in [0.2, 0.25) is 0 Å². The summed E-state index contributed by atoms with van der Waals surface area (Å²) in [5.41, 5.74) is 2.73. The smallest absolute Gasteiger partial charge is 0.137 e. The lowest BCUT2D eigenvalue weighted by molar-refractivity contribution is 0.194. The third-order valence-electron chi connectivity index (χ3n) is 4.38. The molecule has 0 saturated carbocycles. The summed E-state index contributed by atoms with van der Waals surface area (Å²) in [6.45, 7) is 8.56. The molecule has 1 aromatic carbocycles. The molecule has 0 amide bonds. The number of rotatable bonds is 4. The Morgan fingerprint density at radius 3 is 2.81 bits per heavy atom. The zero-order chi connectivity index (χ0) is 14.7. The van der Waals surface area contributed by atoms with Crippen molar-refractivity contribution < 1.29 is 0 Å². The van der Waals surface area contributed by atoms with E-state index in [0.717, 1.165) is 25.5 Å². The molecule has 3 rings (SSSR count). The molecule has 0 aliphatic carbocycles. The first-order valence-corrected chi connectivity index (χ1v) is 7.92. The second-order valence-electron chi connectivity index (χ2n) is 6.04. The van der Waals surface area contributed by atoms with Crippen LogP contribution in [0.5, 0.6) is 0 Å². The minimum Gasteiger partial charge on any atom is -0.318 e. The molecule has 0 radical (unpaired) electrons. The number of aryl methyl sites for hydroxylation is 2. The van der Waals surface area contributed by atoms with Crippen molar-refractivity contribution >= 4 is 0 Å². The molecule has 2 aromatic rings. The van der Waals surface area contributed by atoms with Crippen LogP contribution in [0.3, 0.4) is 0 Å². The Morgan fingerprint density at radius 1 is 1.24 bits per heavy atom. The van der Waals surface area contributed by atoms with Crippen LogP contribution >= 0.6 is 0 Å². The van der Waals surface area contributed by atoms with E-state index in [9.17, 15) is 0 Å². The van der Waals surface area contributed by atoms with Gasteiger partial charge >= 0.3 is 0 Å². The van der Waals surface area contributed by atoms with Gasteiger partial charge in [-0.25, -0.2) is 0 Å². The molecule has 1 fully saturated rings. The molecule has 1 aromatic heterocycles. The normalized spacial score (nSPS) is 19.8. The van der Waals surface area contributed by atoms with Crippen LogP contribution in [0, 0.1) is 6.92 Å². The predicted octanol–water partition coefficient (Wildman–Crippen LogP) is 2.99. The largest absolute Gasteiger partial charge is 0.318 e. The highest BCUT2D eigenvalue weighted by molar-refractivity contribution is 5.21. The third kappa shape index (κ3) is 3.32. The van der Waals surface area contributed by atoms with Gasteiger partial charge in [-0.15, -0.1) is 10.2 Å². The van der Waals surface area contributed by atoms with Crippen LogP contribution in [0.1, 0.15) is 42.6 Å². The van der Waals surface area contributed by atoms with Crippen LogP contribution in [0.4, 0.5) is 0 Å². The maximum absolute atomic E-state index is 4.35. The SMILES string of the molecule is CCn1cnnc1C1CCCN(Cc2ccc(C)cc2)C1. The summed E-state index contributed by atoms with van der Waals surface area (Å²) in [6, 6.07) is 8.88. The van der Waals surface area contributed by atoms with Gasteiger partial charge in [0, 0.05) is 25.6 Å². The summed E-state index contributed by atoms with van der Waals surface area (Å²) in [4.78, 5) is 2.55. The molecule has 21 heavy (non-hydrogen) atoms. The van der Waals surface area contributed by atoms with E-state index in [0.29, 0.717) is 5.92 Å². The molecule has 4 heteroatoms. The van der Waals surface area contributed by atoms with Crippen LogP contribution < -0.4 is 0 Å². The summed E-state index contributed by atoms with van der Waals surface area (Å²) in [7, 11) is 0. The predicted molar refractivity (Wildman–Crippen MR) is 84.1 cm³/mol. The van der Waals surface area contributed by atoms with Gasteiger partial charge in [-0.3, -0.25) is 4.90 Å². The standard InChI is InChI=1S/C17H24N4/c1-3-21-13-18-19-17(21)16-5-4-10-20(12-16)11-15-8-6-14(2)7-9-15/h6-9,13,16H,3-5,10-12H2,1-2H3. The molecular weight excluding hydrogens is 260 g/mol. The topological polar surface area (TPSA) is 34.0 Å². The lowest BCUT2D eigenvalue weighted by Gasteiger charge is -2.32. The molecule has 1 saturated heterocycles. The van der Waals surface area contributed by atoms with Gasteiger partial charge in [-0.05, 0) is 38.8 Å². The maximum atomic E-state index is 4.35. The van der Waals surface area contributed by atoms with Gasteiger partial charge in [0.15, 0.2) is 0 Å². The fraction of sp³-hybridized carbons (Fsp3) is 0.529. The number of benzene rings is 1. The Bertz CT molecular complexity index is 573. The zero-order valence-electron chi connectivity index (χ0n) is 13.0. The van der Waals surface area contributed by atoms with E-state index in [1.807, 2.05) is 6.33 Å². The second kappa shape index (κ2) is 6.39. The van der Waals surface area contributed by atoms with Crippen molar-refractivity contribution in [2.75, 3.05) is 13.1 Å². The quantitative estimate of drug-likeness (QED) is 0.865. The molecule has 0 spiro atoms. The van der Waals surface area contributed by atoms with E-state index in [-0.39, 0.29) is 0 Å². The lowest BCUT2D eigenvalue weighted by Crippen LogP contribution is -2.34. The Balaban J connectivity index is 1.67. The van der Waals surface area contributed by atoms with Crippen molar-refractivity contribution in [3.05, 3.63) is 47.5 Å². The summed E-state index contributed by atoms with van der Waals surface area (Å²) < 4.78 is 2.18. The van der Waals surface area contributed by atoms with Gasteiger partial charge in [0.2, 0.25) is 0 Å². The Labute approximate surface area is 126 Å². The third-order valence-corrected chi connectivity index (χ3v) is 4.38. The average Bonchev–Trinajstić information content (AvgIpc) is 2.98. The molecule has 1 unspecified atom stereocenters. The number of hydrogen-bond acceptors (Lipinski definition) is 3. The summed E-state index contributed by atoms with van der Waals surface area (Å²) >= 11 is 0. The fourth-order valence-corrected chi connectivity index (χ4v) is 3.19. The van der Waals surface area contributed by atoms with Crippen LogP contribution in [-0.2, 0) is 13.1 Å². The highest BCUT2D eigenvalue weighted by atomic mass is 15.3. The highest BCUT2D eigenvalue weighted by Crippen LogP contribution is 2.26. The molecule has 112 valence electrons. The van der Waals surface area contributed by atoms with E-state index in [4.69, 9.17) is 0 Å². The van der Waals surface area contributed by atoms with E-state index in [1.54, 1.807) is 0 Å². The Morgan fingerprint density at radius 2 is 2.05 bits per heavy atom. The minimum atomic E-state index is 0.520. The highest BCUT2D eigenvalue weighted by Gasteiger charge is 2.24. The minimum absolute atomic E-state index is 0.520. The first-order chi connectivity index (χ1) is 10.3. The summed E-state index contributed by atoms with van der Waals surface area (Å²) in [5, 5.41) is 8.43. The Hall–Kier alpha value is -1.68. The van der Waals surface area contributed by atoms with E-state index in [1.165, 1.54) is 30.5 Å². The van der Waals surface area contributed by atoms with Gasteiger partial charge < -0.3 is 4.57 Å². The molecule has 0 bridgehead atoms. The van der Waals surface area contributed by atoms with Gasteiger partial charge in [-0.2, -0.15) is 0 Å². The van der Waals surface area contributed by atoms with Crippen molar-refractivity contribution in [3.63, 3.8) is 0 Å². The summed E-state index contributed by atoms with van der Waals surface area (Å²) in [6.07, 6.45) is 4.32. The van der Waals surface area contributed by atoms with E-state index in [2.05, 4.69) is 57.8 Å². The average molecular weight is 284 g/mol. The number of piperidine rings is 1. The lowest BCUT2D eigenvalue weighted by atomic mass is 9.96. The zero-order valence-corrected chi connectivity index (χ0v) is 13.0. The van der Waals surface area contributed by atoms with Crippen molar-refractivity contribution in [2.45, 2.75) is 45.7 Å².